The van der Waals surface area contributed by atoms with Gasteiger partial charge in [-0.2, -0.15) is 0 Å². The summed E-state index contributed by atoms with van der Waals surface area (Å²) in [5, 5.41) is 20.5. The van der Waals surface area contributed by atoms with Gasteiger partial charge < -0.3 is 24.4 Å². The third-order valence-electron chi connectivity index (χ3n) is 3.50. The predicted octanol–water partition coefficient (Wildman–Crippen LogP) is 0.957. The Labute approximate surface area is 111 Å². The molecule has 0 bridgehead atoms. The van der Waals surface area contributed by atoms with E-state index < -0.39 is 36.5 Å². The van der Waals surface area contributed by atoms with Crippen LogP contribution in [0.1, 0.15) is 25.5 Å². The van der Waals surface area contributed by atoms with Gasteiger partial charge in [-0.25, -0.2) is 0 Å². The lowest BCUT2D eigenvalue weighted by Gasteiger charge is -2.26. The van der Waals surface area contributed by atoms with Crippen LogP contribution in [0.5, 0.6) is 0 Å². The molecule has 2 N–H and O–H groups in total. The highest BCUT2D eigenvalue weighted by atomic mass is 16.8. The van der Waals surface area contributed by atoms with Crippen molar-refractivity contribution in [3.8, 4) is 0 Å². The molecule has 3 rings (SSSR count). The second-order valence-corrected chi connectivity index (χ2v) is 5.42. The molecule has 0 aromatic heterocycles. The summed E-state index contributed by atoms with van der Waals surface area (Å²) < 4.78 is 16.7. The van der Waals surface area contributed by atoms with Crippen molar-refractivity contribution in [3.05, 3.63) is 35.9 Å². The summed E-state index contributed by atoms with van der Waals surface area (Å²) in [5.41, 5.74) is 0.700. The van der Waals surface area contributed by atoms with Gasteiger partial charge in [-0.1, -0.05) is 30.3 Å². The van der Waals surface area contributed by atoms with E-state index in [9.17, 15) is 10.2 Å². The molecule has 0 unspecified atom stereocenters. The topological polar surface area (TPSA) is 68.2 Å². The summed E-state index contributed by atoms with van der Waals surface area (Å²) in [6.07, 6.45) is -3.75. The standard InChI is InChI=1S/C14H18O5/c1-14(2)18-12-10(16)11(17-13(12)19-14)9(15)8-6-4-3-5-7-8/h3-7,9-13,15-16H,1-2H3/t9-,10+,11+,12+,13+/m0/s1. The van der Waals surface area contributed by atoms with Gasteiger partial charge in [-0.05, 0) is 19.4 Å². The SMILES string of the molecule is CC1(C)O[C@H]2O[C@H]([C@@H](O)c3ccccc3)[C@@H](O)[C@H]2O1. The van der Waals surface area contributed by atoms with E-state index in [-0.39, 0.29) is 0 Å². The van der Waals surface area contributed by atoms with E-state index >= 15 is 0 Å². The molecule has 5 nitrogen and oxygen atoms in total. The first-order valence-corrected chi connectivity index (χ1v) is 6.40. The number of aliphatic hydroxyl groups is 2. The van der Waals surface area contributed by atoms with Crippen molar-refractivity contribution in [1.29, 1.82) is 0 Å². The maximum Gasteiger partial charge on any atom is 0.190 e. The van der Waals surface area contributed by atoms with E-state index in [0.29, 0.717) is 5.56 Å². The molecule has 2 aliphatic rings. The van der Waals surface area contributed by atoms with Crippen LogP contribution in [0.3, 0.4) is 0 Å². The van der Waals surface area contributed by atoms with Gasteiger partial charge in [0.05, 0.1) is 0 Å². The lowest BCUT2D eigenvalue weighted by Crippen LogP contribution is -2.37. The van der Waals surface area contributed by atoms with Crippen LogP contribution < -0.4 is 0 Å². The van der Waals surface area contributed by atoms with Gasteiger partial charge in [0.25, 0.3) is 0 Å². The fourth-order valence-corrected chi connectivity index (χ4v) is 2.62. The maximum atomic E-state index is 10.3. The Kier molecular flexibility index (Phi) is 3.11. The Morgan fingerprint density at radius 3 is 2.47 bits per heavy atom. The number of rotatable bonds is 2. The first kappa shape index (κ1) is 13.0. The van der Waals surface area contributed by atoms with Crippen LogP contribution in [0.2, 0.25) is 0 Å². The Morgan fingerprint density at radius 1 is 1.16 bits per heavy atom. The molecular weight excluding hydrogens is 248 g/mol. The largest absolute Gasteiger partial charge is 0.387 e. The first-order valence-electron chi connectivity index (χ1n) is 6.40. The summed E-state index contributed by atoms with van der Waals surface area (Å²) in [5.74, 6) is -0.765. The zero-order chi connectivity index (χ0) is 13.6. The van der Waals surface area contributed by atoms with E-state index in [1.54, 1.807) is 26.0 Å². The highest BCUT2D eigenvalue weighted by Gasteiger charge is 2.56. The van der Waals surface area contributed by atoms with Crippen molar-refractivity contribution < 1.29 is 24.4 Å². The Balaban J connectivity index is 1.75. The van der Waals surface area contributed by atoms with Gasteiger partial charge in [-0.3, -0.25) is 0 Å². The molecular formula is C14H18O5. The van der Waals surface area contributed by atoms with Crippen LogP contribution in [-0.4, -0.2) is 40.6 Å². The molecule has 0 radical (unpaired) electrons. The Hall–Kier alpha value is -0.980. The molecule has 2 fully saturated rings. The Morgan fingerprint density at radius 2 is 1.84 bits per heavy atom. The minimum Gasteiger partial charge on any atom is -0.387 e. The monoisotopic (exact) mass is 266 g/mol. The molecule has 1 aromatic rings. The third-order valence-corrected chi connectivity index (χ3v) is 3.50. The highest BCUT2D eigenvalue weighted by Crippen LogP contribution is 2.40. The Bertz CT molecular complexity index is 446. The smallest absolute Gasteiger partial charge is 0.190 e. The molecule has 0 saturated carbocycles. The normalized spacial score (nSPS) is 38.1. The molecule has 19 heavy (non-hydrogen) atoms. The van der Waals surface area contributed by atoms with Crippen molar-refractivity contribution >= 4 is 0 Å². The molecule has 5 atom stereocenters. The minimum atomic E-state index is -0.915. The van der Waals surface area contributed by atoms with Crippen LogP contribution in [0.15, 0.2) is 30.3 Å². The zero-order valence-corrected chi connectivity index (χ0v) is 10.9. The molecule has 0 spiro atoms. The zero-order valence-electron chi connectivity index (χ0n) is 10.9. The van der Waals surface area contributed by atoms with Crippen LogP contribution >= 0.6 is 0 Å². The van der Waals surface area contributed by atoms with Crippen molar-refractivity contribution in [1.82, 2.24) is 0 Å². The second-order valence-electron chi connectivity index (χ2n) is 5.42. The van der Waals surface area contributed by atoms with Gasteiger partial charge in [0.15, 0.2) is 12.1 Å². The molecule has 0 amide bonds. The minimum absolute atomic E-state index is 0.557. The van der Waals surface area contributed by atoms with E-state index in [1.165, 1.54) is 0 Å². The van der Waals surface area contributed by atoms with E-state index in [0.717, 1.165) is 0 Å². The molecule has 0 aliphatic carbocycles. The fourth-order valence-electron chi connectivity index (χ4n) is 2.62. The summed E-state index contributed by atoms with van der Waals surface area (Å²) in [4.78, 5) is 0. The lowest BCUT2D eigenvalue weighted by atomic mass is 9.99. The van der Waals surface area contributed by atoms with Crippen LogP contribution in [-0.2, 0) is 14.2 Å². The number of aliphatic hydroxyl groups excluding tert-OH is 2. The van der Waals surface area contributed by atoms with Gasteiger partial charge in [0.2, 0.25) is 0 Å². The number of benzene rings is 1. The van der Waals surface area contributed by atoms with Gasteiger partial charge in [0, 0.05) is 0 Å². The van der Waals surface area contributed by atoms with Crippen LogP contribution in [0.25, 0.3) is 0 Å². The molecule has 2 saturated heterocycles. The maximum absolute atomic E-state index is 10.3. The number of fused-ring (bicyclic) bond motifs is 1. The van der Waals surface area contributed by atoms with E-state index in [1.807, 2.05) is 18.2 Å². The number of ether oxygens (including phenoxy) is 3. The molecule has 5 heteroatoms. The molecule has 2 aliphatic heterocycles. The summed E-state index contributed by atoms with van der Waals surface area (Å²) >= 11 is 0. The molecule has 2 heterocycles. The number of hydrogen-bond acceptors (Lipinski definition) is 5. The first-order chi connectivity index (χ1) is 8.98. The highest BCUT2D eigenvalue weighted by molar-refractivity contribution is 5.19. The van der Waals surface area contributed by atoms with Gasteiger partial charge in [-0.15, -0.1) is 0 Å². The third kappa shape index (κ3) is 2.28. The fraction of sp³-hybridized carbons (Fsp3) is 0.571. The van der Waals surface area contributed by atoms with Crippen molar-refractivity contribution in [2.24, 2.45) is 0 Å². The average molecular weight is 266 g/mol. The van der Waals surface area contributed by atoms with Gasteiger partial charge >= 0.3 is 0 Å². The average Bonchev–Trinajstić information content (AvgIpc) is 2.84. The summed E-state index contributed by atoms with van der Waals surface area (Å²) in [7, 11) is 0. The lowest BCUT2D eigenvalue weighted by molar-refractivity contribution is -0.226. The summed E-state index contributed by atoms with van der Waals surface area (Å²) in [6.45, 7) is 3.54. The van der Waals surface area contributed by atoms with Gasteiger partial charge in [0.1, 0.15) is 24.4 Å². The predicted molar refractivity (Wildman–Crippen MR) is 66.1 cm³/mol. The van der Waals surface area contributed by atoms with Crippen molar-refractivity contribution in [2.75, 3.05) is 0 Å². The molecule has 1 aromatic carbocycles. The van der Waals surface area contributed by atoms with Crippen LogP contribution in [0.4, 0.5) is 0 Å². The molecule has 104 valence electrons. The van der Waals surface area contributed by atoms with Crippen molar-refractivity contribution in [2.45, 2.75) is 50.3 Å². The van der Waals surface area contributed by atoms with E-state index in [2.05, 4.69) is 0 Å². The quantitative estimate of drug-likeness (QED) is 0.834. The van der Waals surface area contributed by atoms with E-state index in [4.69, 9.17) is 14.2 Å². The van der Waals surface area contributed by atoms with Crippen molar-refractivity contribution in [3.63, 3.8) is 0 Å². The second kappa shape index (κ2) is 4.54. The summed E-state index contributed by atoms with van der Waals surface area (Å²) in [6, 6.07) is 9.11. The number of hydrogen-bond donors (Lipinski definition) is 2. The van der Waals surface area contributed by atoms with Crippen LogP contribution in [0, 0.1) is 0 Å².